The van der Waals surface area contributed by atoms with Crippen molar-refractivity contribution in [1.82, 2.24) is 0 Å². The van der Waals surface area contributed by atoms with E-state index in [4.69, 9.17) is 5.73 Å². The lowest BCUT2D eigenvalue weighted by molar-refractivity contribution is 0.100. The van der Waals surface area contributed by atoms with Crippen LogP contribution in [0, 0.1) is 13.8 Å². The first-order valence-corrected chi connectivity index (χ1v) is 9.77. The van der Waals surface area contributed by atoms with Gasteiger partial charge in [0, 0.05) is 5.56 Å². The minimum atomic E-state index is -0.359. The maximum atomic E-state index is 12.2. The van der Waals surface area contributed by atoms with E-state index in [-0.39, 0.29) is 11.3 Å². The van der Waals surface area contributed by atoms with Gasteiger partial charge in [-0.2, -0.15) is 0 Å². The van der Waals surface area contributed by atoms with Gasteiger partial charge in [-0.3, -0.25) is 4.79 Å². The van der Waals surface area contributed by atoms with Crippen LogP contribution in [0.3, 0.4) is 0 Å². The van der Waals surface area contributed by atoms with Crippen LogP contribution >= 0.6 is 0 Å². The Bertz CT molecular complexity index is 754. The molecule has 140 valence electrons. The highest BCUT2D eigenvalue weighted by molar-refractivity contribution is 6.00. The molecule has 2 aromatic rings. The first-order valence-electron chi connectivity index (χ1n) is 9.77. The normalized spacial score (nSPS) is 11.6. The molecule has 0 aliphatic heterocycles. The Morgan fingerprint density at radius 3 is 2.19 bits per heavy atom. The zero-order chi connectivity index (χ0) is 19.3. The third-order valence-corrected chi connectivity index (χ3v) is 5.25. The topological polar surface area (TPSA) is 43.1 Å². The van der Waals surface area contributed by atoms with Crippen molar-refractivity contribution in [3.05, 3.63) is 58.7 Å². The first-order chi connectivity index (χ1) is 12.2. The van der Waals surface area contributed by atoms with Gasteiger partial charge in [0.2, 0.25) is 5.91 Å². The van der Waals surface area contributed by atoms with E-state index in [9.17, 15) is 4.79 Å². The number of rotatable bonds is 8. The molecule has 0 heterocycles. The van der Waals surface area contributed by atoms with Crippen molar-refractivity contribution in [1.29, 1.82) is 0 Å². The number of carbonyl (C=O) groups is 1. The molecule has 26 heavy (non-hydrogen) atoms. The van der Waals surface area contributed by atoms with Crippen LogP contribution in [0.5, 0.6) is 0 Å². The summed E-state index contributed by atoms with van der Waals surface area (Å²) in [7, 11) is 0. The Balaban J connectivity index is 2.38. The summed E-state index contributed by atoms with van der Waals surface area (Å²) < 4.78 is 0. The van der Waals surface area contributed by atoms with Crippen molar-refractivity contribution < 1.29 is 4.79 Å². The molecule has 0 fully saturated rings. The maximum Gasteiger partial charge on any atom is 0.249 e. The van der Waals surface area contributed by atoms with Crippen molar-refractivity contribution in [3.8, 4) is 11.1 Å². The van der Waals surface area contributed by atoms with E-state index in [0.717, 1.165) is 17.5 Å². The maximum absolute atomic E-state index is 12.2. The lowest BCUT2D eigenvalue weighted by atomic mass is 9.78. The highest BCUT2D eigenvalue weighted by atomic mass is 16.1. The summed E-state index contributed by atoms with van der Waals surface area (Å²) in [6.45, 7) is 10.9. The first kappa shape index (κ1) is 20.2. The Kier molecular flexibility index (Phi) is 6.63. The third-order valence-electron chi connectivity index (χ3n) is 5.25. The summed E-state index contributed by atoms with van der Waals surface area (Å²) >= 11 is 0. The van der Waals surface area contributed by atoms with Gasteiger partial charge in [0.25, 0.3) is 0 Å². The van der Waals surface area contributed by atoms with Gasteiger partial charge in [-0.1, -0.05) is 87.9 Å². The highest BCUT2D eigenvalue weighted by Gasteiger charge is 2.22. The molecule has 0 aromatic heterocycles. The molecule has 0 saturated heterocycles. The minimum Gasteiger partial charge on any atom is -0.366 e. The van der Waals surface area contributed by atoms with E-state index in [2.05, 4.69) is 65.0 Å². The van der Waals surface area contributed by atoms with Gasteiger partial charge in [-0.25, -0.2) is 0 Å². The van der Waals surface area contributed by atoms with Crippen LogP contribution in [0.1, 0.15) is 79.9 Å². The molecule has 0 bridgehead atoms. The number of hydrogen-bond acceptors (Lipinski definition) is 1. The Labute approximate surface area is 158 Å². The molecule has 2 aromatic carbocycles. The Morgan fingerprint density at radius 1 is 0.962 bits per heavy atom. The standard InChI is InChI=1S/C24H33NO/c1-6-7-8-9-12-24(4,5)20-10-11-21(22(16-20)23(25)26)19-14-17(2)13-18(3)15-19/h10-11,13-16H,6-9,12H2,1-5H3,(H2,25,26). The second-order valence-electron chi connectivity index (χ2n) is 8.20. The number of carbonyl (C=O) groups excluding carboxylic acids is 1. The third kappa shape index (κ3) is 4.97. The van der Waals surface area contributed by atoms with Crippen molar-refractivity contribution in [2.24, 2.45) is 5.73 Å². The molecule has 0 aliphatic carbocycles. The molecule has 0 atom stereocenters. The van der Waals surface area contributed by atoms with Crippen LogP contribution in [0.2, 0.25) is 0 Å². The monoisotopic (exact) mass is 351 g/mol. The van der Waals surface area contributed by atoms with Crippen LogP contribution in [-0.2, 0) is 5.41 Å². The van der Waals surface area contributed by atoms with Gasteiger partial charge in [0.1, 0.15) is 0 Å². The lowest BCUT2D eigenvalue weighted by Gasteiger charge is -2.26. The minimum absolute atomic E-state index is 0.0407. The van der Waals surface area contributed by atoms with E-state index >= 15 is 0 Å². The molecule has 2 nitrogen and oxygen atoms in total. The molecule has 2 rings (SSSR count). The van der Waals surface area contributed by atoms with Gasteiger partial charge in [-0.15, -0.1) is 0 Å². The molecule has 0 spiro atoms. The molecule has 2 N–H and O–H groups in total. The number of aryl methyl sites for hydroxylation is 2. The summed E-state index contributed by atoms with van der Waals surface area (Å²) in [6.07, 6.45) is 6.13. The van der Waals surface area contributed by atoms with Crippen molar-refractivity contribution in [2.45, 2.75) is 72.1 Å². The van der Waals surface area contributed by atoms with Crippen molar-refractivity contribution in [2.75, 3.05) is 0 Å². The number of nitrogens with two attached hydrogens (primary N) is 1. The summed E-state index contributed by atoms with van der Waals surface area (Å²) in [5.41, 5.74) is 12.0. The van der Waals surface area contributed by atoms with E-state index in [0.29, 0.717) is 5.56 Å². The molecule has 2 heteroatoms. The van der Waals surface area contributed by atoms with Gasteiger partial charge < -0.3 is 5.73 Å². The molecular formula is C24H33NO. The molecule has 0 aliphatic rings. The van der Waals surface area contributed by atoms with Gasteiger partial charge in [-0.05, 0) is 48.4 Å². The number of hydrogen-bond donors (Lipinski definition) is 1. The number of benzene rings is 2. The van der Waals surface area contributed by atoms with Crippen LogP contribution < -0.4 is 5.73 Å². The smallest absolute Gasteiger partial charge is 0.249 e. The van der Waals surface area contributed by atoms with Crippen molar-refractivity contribution >= 4 is 5.91 Å². The zero-order valence-corrected chi connectivity index (χ0v) is 17.0. The van der Waals surface area contributed by atoms with Crippen LogP contribution in [-0.4, -0.2) is 5.91 Å². The van der Waals surface area contributed by atoms with E-state index in [1.54, 1.807) is 0 Å². The second-order valence-corrected chi connectivity index (χ2v) is 8.20. The number of amides is 1. The van der Waals surface area contributed by atoms with E-state index in [1.165, 1.54) is 42.4 Å². The summed E-state index contributed by atoms with van der Waals surface area (Å²) in [4.78, 5) is 12.2. The summed E-state index contributed by atoms with van der Waals surface area (Å²) in [5.74, 6) is -0.359. The van der Waals surface area contributed by atoms with Gasteiger partial charge in [0.15, 0.2) is 0 Å². The summed E-state index contributed by atoms with van der Waals surface area (Å²) in [6, 6.07) is 12.6. The van der Waals surface area contributed by atoms with E-state index < -0.39 is 0 Å². The quantitative estimate of drug-likeness (QED) is 0.556. The summed E-state index contributed by atoms with van der Waals surface area (Å²) in [5, 5.41) is 0. The van der Waals surface area contributed by atoms with E-state index in [1.807, 2.05) is 6.07 Å². The molecule has 0 saturated carbocycles. The molecular weight excluding hydrogens is 318 g/mol. The van der Waals surface area contributed by atoms with Crippen LogP contribution in [0.15, 0.2) is 36.4 Å². The fourth-order valence-electron chi connectivity index (χ4n) is 3.69. The van der Waals surface area contributed by atoms with Gasteiger partial charge in [0.05, 0.1) is 0 Å². The zero-order valence-electron chi connectivity index (χ0n) is 17.0. The average molecular weight is 352 g/mol. The predicted molar refractivity (Wildman–Crippen MR) is 112 cm³/mol. The predicted octanol–water partition coefficient (Wildman–Crippen LogP) is 6.32. The second kappa shape index (κ2) is 8.53. The SMILES string of the molecule is CCCCCCC(C)(C)c1ccc(-c2cc(C)cc(C)c2)c(C(N)=O)c1. The van der Waals surface area contributed by atoms with Crippen LogP contribution in [0.25, 0.3) is 11.1 Å². The molecule has 1 amide bonds. The van der Waals surface area contributed by atoms with Gasteiger partial charge >= 0.3 is 0 Å². The highest BCUT2D eigenvalue weighted by Crippen LogP contribution is 2.34. The fourth-order valence-corrected chi connectivity index (χ4v) is 3.69. The lowest BCUT2D eigenvalue weighted by Crippen LogP contribution is -2.20. The number of unbranched alkanes of at least 4 members (excludes halogenated alkanes) is 3. The molecule has 0 radical (unpaired) electrons. The number of primary amides is 1. The molecule has 0 unspecified atom stereocenters. The largest absolute Gasteiger partial charge is 0.366 e. The average Bonchev–Trinajstić information content (AvgIpc) is 2.57. The van der Waals surface area contributed by atoms with Crippen LogP contribution in [0.4, 0.5) is 0 Å². The Morgan fingerprint density at radius 2 is 1.62 bits per heavy atom. The fraction of sp³-hybridized carbons (Fsp3) is 0.458. The van der Waals surface area contributed by atoms with Crippen molar-refractivity contribution in [3.63, 3.8) is 0 Å². The Hall–Kier alpha value is -2.09.